The molecular formula is C17H18N4O2. The molecule has 1 amide bonds. The van der Waals surface area contributed by atoms with Crippen molar-refractivity contribution in [2.75, 3.05) is 0 Å². The van der Waals surface area contributed by atoms with Gasteiger partial charge >= 0.3 is 0 Å². The van der Waals surface area contributed by atoms with E-state index in [1.165, 1.54) is 6.92 Å². The van der Waals surface area contributed by atoms with Gasteiger partial charge in [-0.1, -0.05) is 12.1 Å². The Balaban J connectivity index is 1.77. The van der Waals surface area contributed by atoms with Crippen LogP contribution in [0.3, 0.4) is 0 Å². The summed E-state index contributed by atoms with van der Waals surface area (Å²) in [7, 11) is 0. The number of H-pyrrole nitrogens is 1. The number of benzene rings is 1. The van der Waals surface area contributed by atoms with Gasteiger partial charge in [-0.05, 0) is 32.0 Å². The number of hydrogen-bond acceptors (Lipinski definition) is 3. The highest BCUT2D eigenvalue weighted by atomic mass is 16.2. The summed E-state index contributed by atoms with van der Waals surface area (Å²) in [6.45, 7) is 4.62. The summed E-state index contributed by atoms with van der Waals surface area (Å²) < 4.78 is 2.07. The van der Waals surface area contributed by atoms with Crippen LogP contribution >= 0.6 is 0 Å². The molecule has 1 aromatic carbocycles. The third kappa shape index (κ3) is 2.88. The smallest absolute Gasteiger partial charge is 0.268 e. The number of imidazole rings is 1. The number of hydrogen-bond donors (Lipinski definition) is 2. The molecule has 3 rings (SSSR count). The molecule has 23 heavy (non-hydrogen) atoms. The van der Waals surface area contributed by atoms with Crippen LogP contribution in [0.25, 0.3) is 11.0 Å². The number of carbonyl (C=O) groups is 2. The molecule has 118 valence electrons. The highest BCUT2D eigenvalue weighted by Gasteiger charge is 2.13. The fourth-order valence-electron chi connectivity index (χ4n) is 2.60. The van der Waals surface area contributed by atoms with Crippen LogP contribution in [-0.2, 0) is 13.1 Å². The van der Waals surface area contributed by atoms with Crippen LogP contribution in [0.1, 0.15) is 40.5 Å². The van der Waals surface area contributed by atoms with Gasteiger partial charge in [-0.15, -0.1) is 0 Å². The zero-order valence-corrected chi connectivity index (χ0v) is 13.1. The molecule has 0 fully saturated rings. The van der Waals surface area contributed by atoms with E-state index in [0.29, 0.717) is 17.8 Å². The Bertz CT molecular complexity index is 876. The molecule has 0 atom stereocenters. The largest absolute Gasteiger partial charge is 0.356 e. The van der Waals surface area contributed by atoms with Crippen molar-refractivity contribution in [3.63, 3.8) is 0 Å². The number of rotatable bonds is 5. The molecular weight excluding hydrogens is 292 g/mol. The lowest BCUT2D eigenvalue weighted by molar-refractivity contribution is 0.0945. The number of carbonyl (C=O) groups excluding carboxylic acids is 2. The minimum absolute atomic E-state index is 0.0759. The predicted molar refractivity (Wildman–Crippen MR) is 87.4 cm³/mol. The van der Waals surface area contributed by atoms with Crippen molar-refractivity contribution in [3.8, 4) is 0 Å². The Hall–Kier alpha value is -2.89. The molecule has 0 saturated carbocycles. The molecule has 0 aliphatic heterocycles. The molecule has 0 aliphatic carbocycles. The van der Waals surface area contributed by atoms with Gasteiger partial charge in [0.05, 0.1) is 17.6 Å². The van der Waals surface area contributed by atoms with Crippen molar-refractivity contribution in [1.29, 1.82) is 0 Å². The first-order chi connectivity index (χ1) is 11.1. The van der Waals surface area contributed by atoms with Gasteiger partial charge in [-0.2, -0.15) is 0 Å². The zero-order chi connectivity index (χ0) is 16.4. The van der Waals surface area contributed by atoms with Crippen LogP contribution in [0.4, 0.5) is 0 Å². The van der Waals surface area contributed by atoms with Crippen molar-refractivity contribution in [1.82, 2.24) is 19.9 Å². The molecule has 6 nitrogen and oxygen atoms in total. The monoisotopic (exact) mass is 310 g/mol. The van der Waals surface area contributed by atoms with Crippen LogP contribution < -0.4 is 5.32 Å². The van der Waals surface area contributed by atoms with E-state index < -0.39 is 0 Å². The Labute approximate surface area is 133 Å². The maximum Gasteiger partial charge on any atom is 0.268 e. The number of Topliss-reactive ketones (excluding diaryl/α,β-unsaturated/α-hetero) is 1. The van der Waals surface area contributed by atoms with E-state index >= 15 is 0 Å². The molecule has 0 saturated heterocycles. The number of para-hydroxylation sites is 2. The molecule has 6 heteroatoms. The summed E-state index contributed by atoms with van der Waals surface area (Å²) in [4.78, 5) is 30.8. The van der Waals surface area contributed by atoms with E-state index in [-0.39, 0.29) is 11.7 Å². The SMILES string of the molecule is CCn1c(CNC(=O)c2cc(C(C)=O)c[nH]2)nc2ccccc21. The quantitative estimate of drug-likeness (QED) is 0.711. The predicted octanol–water partition coefficient (Wildman–Crippen LogP) is 2.52. The standard InChI is InChI=1S/C17H18N4O2/c1-3-21-15-7-5-4-6-13(15)20-16(21)10-19-17(23)14-8-12(9-18-14)11(2)22/h4-9,18H,3,10H2,1-2H3,(H,19,23). The molecule has 2 N–H and O–H groups in total. The summed E-state index contributed by atoms with van der Waals surface area (Å²) in [5.41, 5.74) is 2.83. The third-order valence-electron chi connectivity index (χ3n) is 3.79. The first-order valence-electron chi connectivity index (χ1n) is 7.52. The Morgan fingerprint density at radius 2 is 2.09 bits per heavy atom. The number of fused-ring (bicyclic) bond motifs is 1. The van der Waals surface area contributed by atoms with Crippen LogP contribution in [-0.4, -0.2) is 26.2 Å². The van der Waals surface area contributed by atoms with Gasteiger partial charge < -0.3 is 14.9 Å². The van der Waals surface area contributed by atoms with E-state index in [9.17, 15) is 9.59 Å². The van der Waals surface area contributed by atoms with E-state index in [1.54, 1.807) is 12.3 Å². The zero-order valence-electron chi connectivity index (χ0n) is 13.1. The van der Waals surface area contributed by atoms with Crippen molar-refractivity contribution in [2.45, 2.75) is 26.9 Å². The average Bonchev–Trinajstić information content (AvgIpc) is 3.16. The number of aromatic nitrogens is 3. The number of nitrogens with zero attached hydrogens (tertiary/aromatic N) is 2. The summed E-state index contributed by atoms with van der Waals surface area (Å²) >= 11 is 0. The van der Waals surface area contributed by atoms with Gasteiger partial charge in [0, 0.05) is 18.3 Å². The van der Waals surface area contributed by atoms with Gasteiger partial charge in [0.15, 0.2) is 5.78 Å². The van der Waals surface area contributed by atoms with Crippen molar-refractivity contribution in [2.24, 2.45) is 0 Å². The van der Waals surface area contributed by atoms with Crippen LogP contribution in [0, 0.1) is 0 Å². The fraction of sp³-hybridized carbons (Fsp3) is 0.235. The van der Waals surface area contributed by atoms with Crippen molar-refractivity contribution in [3.05, 3.63) is 53.6 Å². The lowest BCUT2D eigenvalue weighted by Crippen LogP contribution is -2.25. The number of nitrogens with one attached hydrogen (secondary N) is 2. The summed E-state index contributed by atoms with van der Waals surface area (Å²) in [6.07, 6.45) is 1.54. The molecule has 0 bridgehead atoms. The summed E-state index contributed by atoms with van der Waals surface area (Å²) in [5.74, 6) is 0.473. The maximum absolute atomic E-state index is 12.2. The fourth-order valence-corrected chi connectivity index (χ4v) is 2.60. The topological polar surface area (TPSA) is 79.8 Å². The van der Waals surface area contributed by atoms with E-state index in [4.69, 9.17) is 0 Å². The number of ketones is 1. The molecule has 0 aliphatic rings. The second-order valence-electron chi connectivity index (χ2n) is 5.30. The van der Waals surface area contributed by atoms with E-state index in [1.807, 2.05) is 31.2 Å². The van der Waals surface area contributed by atoms with Gasteiger partial charge in [-0.3, -0.25) is 9.59 Å². The van der Waals surface area contributed by atoms with E-state index in [0.717, 1.165) is 23.4 Å². The second-order valence-corrected chi connectivity index (χ2v) is 5.30. The molecule has 3 aromatic rings. The minimum Gasteiger partial charge on any atom is -0.356 e. The third-order valence-corrected chi connectivity index (χ3v) is 3.79. The van der Waals surface area contributed by atoms with Gasteiger partial charge in [0.1, 0.15) is 11.5 Å². The molecule has 0 radical (unpaired) electrons. The summed E-state index contributed by atoms with van der Waals surface area (Å²) in [6, 6.07) is 9.44. The van der Waals surface area contributed by atoms with E-state index in [2.05, 4.69) is 19.9 Å². The van der Waals surface area contributed by atoms with Crippen molar-refractivity contribution < 1.29 is 9.59 Å². The first kappa shape index (κ1) is 15.0. The van der Waals surface area contributed by atoms with Crippen molar-refractivity contribution >= 4 is 22.7 Å². The van der Waals surface area contributed by atoms with Crippen LogP contribution in [0.2, 0.25) is 0 Å². The average molecular weight is 310 g/mol. The van der Waals surface area contributed by atoms with Gasteiger partial charge in [-0.25, -0.2) is 4.98 Å². The second kappa shape index (κ2) is 6.08. The lowest BCUT2D eigenvalue weighted by Gasteiger charge is -2.07. The number of aryl methyl sites for hydroxylation is 1. The van der Waals surface area contributed by atoms with Crippen LogP contribution in [0.15, 0.2) is 36.5 Å². The molecule has 0 spiro atoms. The Morgan fingerprint density at radius 1 is 1.30 bits per heavy atom. The highest BCUT2D eigenvalue weighted by Crippen LogP contribution is 2.15. The normalized spacial score (nSPS) is 10.9. The Kier molecular flexibility index (Phi) is 3.97. The first-order valence-corrected chi connectivity index (χ1v) is 7.52. The minimum atomic E-state index is -0.257. The van der Waals surface area contributed by atoms with Gasteiger partial charge in [0.25, 0.3) is 5.91 Å². The van der Waals surface area contributed by atoms with Gasteiger partial charge in [0.2, 0.25) is 0 Å². The highest BCUT2D eigenvalue weighted by molar-refractivity contribution is 5.99. The molecule has 2 heterocycles. The lowest BCUT2D eigenvalue weighted by atomic mass is 10.2. The number of aromatic amines is 1. The molecule has 2 aromatic heterocycles. The van der Waals surface area contributed by atoms with Crippen LogP contribution in [0.5, 0.6) is 0 Å². The number of amides is 1. The maximum atomic E-state index is 12.2. The summed E-state index contributed by atoms with van der Waals surface area (Å²) in [5, 5.41) is 2.84. The Morgan fingerprint density at radius 3 is 2.78 bits per heavy atom. The molecule has 0 unspecified atom stereocenters.